The molecule has 0 radical (unpaired) electrons. The molecule has 0 aliphatic heterocycles. The maximum Gasteiger partial charge on any atom is 0.343 e. The number of carboxylic acids is 1. The van der Waals surface area contributed by atoms with Crippen LogP contribution in [0, 0.1) is 0 Å². The van der Waals surface area contributed by atoms with Crippen LogP contribution < -0.4 is 0 Å². The monoisotopic (exact) mass is 250 g/mol. The molecular weight excluding hydrogens is 232 g/mol. The molecule has 0 aromatic heterocycles. The lowest BCUT2D eigenvalue weighted by atomic mass is 9.69. The van der Waals surface area contributed by atoms with Crippen LogP contribution in [0.15, 0.2) is 30.3 Å². The lowest BCUT2D eigenvalue weighted by molar-refractivity contribution is -0.203. The Morgan fingerprint density at radius 1 is 1.11 bits per heavy atom. The molecule has 0 amide bonds. The summed E-state index contributed by atoms with van der Waals surface area (Å²) in [7, 11) is 0. The summed E-state index contributed by atoms with van der Waals surface area (Å²) in [5, 5.41) is 30.6. The molecule has 1 aromatic rings. The van der Waals surface area contributed by atoms with Gasteiger partial charge in [-0.2, -0.15) is 0 Å². The maximum atomic E-state index is 11.5. The number of rotatable bonds is 3. The van der Waals surface area contributed by atoms with E-state index in [1.807, 2.05) is 0 Å². The fourth-order valence-electron chi connectivity index (χ4n) is 2.77. The minimum Gasteiger partial charge on any atom is -0.479 e. The van der Waals surface area contributed by atoms with E-state index < -0.39 is 17.2 Å². The lowest BCUT2D eigenvalue weighted by Gasteiger charge is -2.43. The highest BCUT2D eigenvalue weighted by Crippen LogP contribution is 2.43. The van der Waals surface area contributed by atoms with Gasteiger partial charge >= 0.3 is 5.97 Å². The van der Waals surface area contributed by atoms with Crippen molar-refractivity contribution in [3.8, 4) is 0 Å². The van der Waals surface area contributed by atoms with Gasteiger partial charge in [0, 0.05) is 0 Å². The predicted octanol–water partition coefficient (Wildman–Crippen LogP) is 1.65. The second-order valence-corrected chi connectivity index (χ2v) is 4.97. The molecule has 1 aliphatic rings. The zero-order valence-corrected chi connectivity index (χ0v) is 10.2. The van der Waals surface area contributed by atoms with Gasteiger partial charge in [-0.25, -0.2) is 4.79 Å². The van der Waals surface area contributed by atoms with Crippen LogP contribution in [0.4, 0.5) is 0 Å². The Hall–Kier alpha value is -1.39. The van der Waals surface area contributed by atoms with E-state index in [1.165, 1.54) is 0 Å². The highest BCUT2D eigenvalue weighted by molar-refractivity contribution is 5.81. The number of carbonyl (C=O) groups is 1. The third kappa shape index (κ3) is 1.91. The van der Waals surface area contributed by atoms with Crippen LogP contribution in [-0.2, 0) is 10.4 Å². The van der Waals surface area contributed by atoms with E-state index in [2.05, 4.69) is 0 Å². The van der Waals surface area contributed by atoms with Crippen molar-refractivity contribution in [2.45, 2.75) is 43.3 Å². The average Bonchev–Trinajstić information content (AvgIpc) is 2.39. The van der Waals surface area contributed by atoms with E-state index in [0.717, 1.165) is 19.3 Å². The first-order valence-electron chi connectivity index (χ1n) is 6.24. The molecule has 0 saturated heterocycles. The molecule has 0 spiro atoms. The first-order chi connectivity index (χ1) is 8.51. The van der Waals surface area contributed by atoms with Crippen LogP contribution >= 0.6 is 0 Å². The highest BCUT2D eigenvalue weighted by Gasteiger charge is 2.56. The zero-order valence-electron chi connectivity index (χ0n) is 10.2. The van der Waals surface area contributed by atoms with Gasteiger partial charge in [-0.15, -0.1) is 0 Å². The summed E-state index contributed by atoms with van der Waals surface area (Å²) < 4.78 is 0. The van der Waals surface area contributed by atoms with E-state index >= 15 is 0 Å². The summed E-state index contributed by atoms with van der Waals surface area (Å²) in [5.41, 5.74) is -3.57. The van der Waals surface area contributed by atoms with Gasteiger partial charge in [0.05, 0.1) is 0 Å². The largest absolute Gasteiger partial charge is 0.479 e. The fourth-order valence-corrected chi connectivity index (χ4v) is 2.77. The van der Waals surface area contributed by atoms with Crippen molar-refractivity contribution in [3.63, 3.8) is 0 Å². The quantitative estimate of drug-likeness (QED) is 0.762. The van der Waals surface area contributed by atoms with Crippen molar-refractivity contribution < 1.29 is 20.1 Å². The van der Waals surface area contributed by atoms with Crippen LogP contribution in [0.5, 0.6) is 0 Å². The van der Waals surface area contributed by atoms with E-state index in [1.54, 1.807) is 30.3 Å². The van der Waals surface area contributed by atoms with Gasteiger partial charge < -0.3 is 15.3 Å². The highest BCUT2D eigenvalue weighted by atomic mass is 16.4. The third-order valence-corrected chi connectivity index (χ3v) is 3.86. The third-order valence-electron chi connectivity index (χ3n) is 3.86. The standard InChI is InChI=1S/C14H18O4/c15-12(16)14(18,11-7-3-1-4-8-11)13(17)9-5-2-6-10-13/h1,3-4,7-8,17-18H,2,5-6,9-10H2,(H,15,16)/t14-/m0/s1. The van der Waals surface area contributed by atoms with E-state index in [9.17, 15) is 20.1 Å². The topological polar surface area (TPSA) is 77.8 Å². The summed E-state index contributed by atoms with van der Waals surface area (Å²) in [6, 6.07) is 8.16. The van der Waals surface area contributed by atoms with Crippen molar-refractivity contribution in [3.05, 3.63) is 35.9 Å². The lowest BCUT2D eigenvalue weighted by Crippen LogP contribution is -2.57. The van der Waals surface area contributed by atoms with Crippen LogP contribution in [0.1, 0.15) is 37.7 Å². The van der Waals surface area contributed by atoms with Gasteiger partial charge in [-0.1, -0.05) is 49.6 Å². The number of hydrogen-bond donors (Lipinski definition) is 3. The van der Waals surface area contributed by atoms with E-state index in [0.29, 0.717) is 12.8 Å². The molecule has 18 heavy (non-hydrogen) atoms. The average molecular weight is 250 g/mol. The SMILES string of the molecule is O=C(O)[C@@](O)(c1ccccc1)C1(O)CCCCC1. The van der Waals surface area contributed by atoms with Crippen molar-refractivity contribution in [1.82, 2.24) is 0 Å². The molecule has 1 aromatic carbocycles. The minimum atomic E-state index is -2.23. The van der Waals surface area contributed by atoms with E-state index in [4.69, 9.17) is 0 Å². The summed E-state index contributed by atoms with van der Waals surface area (Å²) in [6.07, 6.45) is 3.06. The zero-order chi connectivity index (χ0) is 13.2. The van der Waals surface area contributed by atoms with Gasteiger partial charge in [0.15, 0.2) is 0 Å². The van der Waals surface area contributed by atoms with Gasteiger partial charge in [-0.3, -0.25) is 0 Å². The number of hydrogen-bond acceptors (Lipinski definition) is 3. The smallest absolute Gasteiger partial charge is 0.343 e. The maximum absolute atomic E-state index is 11.5. The van der Waals surface area contributed by atoms with Gasteiger partial charge in [0.2, 0.25) is 5.60 Å². The molecule has 1 saturated carbocycles. The normalized spacial score (nSPS) is 22.1. The van der Waals surface area contributed by atoms with Gasteiger partial charge in [0.25, 0.3) is 0 Å². The Morgan fingerprint density at radius 3 is 2.17 bits per heavy atom. The second kappa shape index (κ2) is 4.71. The summed E-state index contributed by atoms with van der Waals surface area (Å²) in [4.78, 5) is 11.5. The number of aliphatic carboxylic acids is 1. The molecular formula is C14H18O4. The summed E-state index contributed by atoms with van der Waals surface area (Å²) in [5.74, 6) is -1.39. The number of benzene rings is 1. The van der Waals surface area contributed by atoms with Crippen LogP contribution in [0.25, 0.3) is 0 Å². The molecule has 4 nitrogen and oxygen atoms in total. The molecule has 1 fully saturated rings. The minimum absolute atomic E-state index is 0.238. The Morgan fingerprint density at radius 2 is 1.67 bits per heavy atom. The second-order valence-electron chi connectivity index (χ2n) is 4.97. The Kier molecular flexibility index (Phi) is 3.41. The van der Waals surface area contributed by atoms with Crippen molar-refractivity contribution in [2.24, 2.45) is 0 Å². The van der Waals surface area contributed by atoms with Crippen molar-refractivity contribution in [1.29, 1.82) is 0 Å². The molecule has 1 atom stereocenters. The van der Waals surface area contributed by atoms with Crippen LogP contribution in [-0.4, -0.2) is 26.9 Å². The molecule has 0 bridgehead atoms. The summed E-state index contributed by atoms with van der Waals surface area (Å²) >= 11 is 0. The number of aliphatic hydroxyl groups is 2. The molecule has 0 heterocycles. The van der Waals surface area contributed by atoms with Crippen molar-refractivity contribution >= 4 is 5.97 Å². The molecule has 3 N–H and O–H groups in total. The summed E-state index contributed by atoms with van der Waals surface area (Å²) in [6.45, 7) is 0. The van der Waals surface area contributed by atoms with Gasteiger partial charge in [-0.05, 0) is 18.4 Å². The molecule has 2 rings (SSSR count). The van der Waals surface area contributed by atoms with Crippen LogP contribution in [0.2, 0.25) is 0 Å². The van der Waals surface area contributed by atoms with Gasteiger partial charge in [0.1, 0.15) is 5.60 Å². The molecule has 98 valence electrons. The fraction of sp³-hybridized carbons (Fsp3) is 0.500. The van der Waals surface area contributed by atoms with Crippen molar-refractivity contribution in [2.75, 3.05) is 0 Å². The number of carboxylic acid groups (broad SMARTS) is 1. The first kappa shape index (κ1) is 13.1. The van der Waals surface area contributed by atoms with Crippen LogP contribution in [0.3, 0.4) is 0 Å². The Bertz CT molecular complexity index is 423. The van der Waals surface area contributed by atoms with E-state index in [-0.39, 0.29) is 5.56 Å². The Balaban J connectivity index is 2.47. The molecule has 1 aliphatic carbocycles. The molecule has 4 heteroatoms. The molecule has 0 unspecified atom stereocenters. The predicted molar refractivity (Wildman–Crippen MR) is 66.0 cm³/mol. The Labute approximate surface area is 106 Å². The first-order valence-corrected chi connectivity index (χ1v) is 6.24.